The fourth-order valence-corrected chi connectivity index (χ4v) is 2.09. The number of carbonyl (C=O) groups is 1. The Balaban J connectivity index is 2.49. The lowest BCUT2D eigenvalue weighted by atomic mass is 10.2. The summed E-state index contributed by atoms with van der Waals surface area (Å²) in [6, 6.07) is 0. The van der Waals surface area contributed by atoms with Crippen molar-refractivity contribution >= 4 is 15.9 Å². The molecule has 1 aliphatic rings. The summed E-state index contributed by atoms with van der Waals surface area (Å²) in [6.07, 6.45) is 2.88. The molecule has 6 nitrogen and oxygen atoms in total. The number of hydrogen-bond acceptors (Lipinski definition) is 5. The Labute approximate surface area is 102 Å². The van der Waals surface area contributed by atoms with E-state index in [2.05, 4.69) is 0 Å². The quantitative estimate of drug-likeness (QED) is 0.777. The van der Waals surface area contributed by atoms with Gasteiger partial charge in [0.15, 0.2) is 6.29 Å². The summed E-state index contributed by atoms with van der Waals surface area (Å²) in [7, 11) is -3.54. The van der Waals surface area contributed by atoms with Crippen molar-refractivity contribution in [1.82, 2.24) is 4.72 Å². The zero-order valence-electron chi connectivity index (χ0n) is 10.1. The van der Waals surface area contributed by atoms with Crippen LogP contribution in [0.1, 0.15) is 32.6 Å². The Kier molecular flexibility index (Phi) is 5.35. The summed E-state index contributed by atoms with van der Waals surface area (Å²) < 4.78 is 34.6. The predicted molar refractivity (Wildman–Crippen MR) is 61.7 cm³/mol. The van der Waals surface area contributed by atoms with Crippen LogP contribution in [0.15, 0.2) is 0 Å². The maximum absolute atomic E-state index is 11.6. The second kappa shape index (κ2) is 6.32. The fourth-order valence-electron chi connectivity index (χ4n) is 1.59. The molecule has 0 bridgehead atoms. The van der Waals surface area contributed by atoms with E-state index in [0.717, 1.165) is 25.5 Å². The molecule has 2 unspecified atom stereocenters. The Bertz CT molecular complexity index is 348. The standard InChI is InChI=1S/C10H19NO5S/c1-3-8(10(12)11-17(2,13)14)16-9-6-4-5-7-15-9/h8-9H,3-7H2,1-2H3,(H,11,12). The van der Waals surface area contributed by atoms with E-state index in [9.17, 15) is 13.2 Å². The van der Waals surface area contributed by atoms with Gasteiger partial charge < -0.3 is 9.47 Å². The monoisotopic (exact) mass is 265 g/mol. The maximum atomic E-state index is 11.6. The van der Waals surface area contributed by atoms with Gasteiger partial charge in [-0.15, -0.1) is 0 Å². The van der Waals surface area contributed by atoms with Crippen LogP contribution in [0.5, 0.6) is 0 Å². The molecule has 100 valence electrons. The molecule has 1 heterocycles. The van der Waals surface area contributed by atoms with Gasteiger partial charge in [-0.05, 0) is 25.7 Å². The third kappa shape index (κ3) is 5.47. The van der Waals surface area contributed by atoms with Gasteiger partial charge in [-0.2, -0.15) is 0 Å². The van der Waals surface area contributed by atoms with E-state index in [0.29, 0.717) is 13.0 Å². The maximum Gasteiger partial charge on any atom is 0.262 e. The zero-order chi connectivity index (χ0) is 12.9. The van der Waals surface area contributed by atoms with Gasteiger partial charge in [0.05, 0.1) is 6.26 Å². The van der Waals surface area contributed by atoms with Crippen LogP contribution in [0, 0.1) is 0 Å². The Morgan fingerprint density at radius 1 is 1.53 bits per heavy atom. The largest absolute Gasteiger partial charge is 0.353 e. The molecular formula is C10H19NO5S. The van der Waals surface area contributed by atoms with E-state index >= 15 is 0 Å². The second-order valence-corrected chi connectivity index (χ2v) is 5.82. The van der Waals surface area contributed by atoms with Crippen molar-refractivity contribution < 1.29 is 22.7 Å². The number of rotatable bonds is 5. The highest BCUT2D eigenvalue weighted by atomic mass is 32.2. The van der Waals surface area contributed by atoms with Crippen molar-refractivity contribution in [2.24, 2.45) is 0 Å². The molecule has 0 aromatic heterocycles. The van der Waals surface area contributed by atoms with Crippen LogP contribution >= 0.6 is 0 Å². The summed E-state index contributed by atoms with van der Waals surface area (Å²) >= 11 is 0. The first-order valence-corrected chi connectivity index (χ1v) is 7.60. The van der Waals surface area contributed by atoms with Gasteiger partial charge in [0.2, 0.25) is 10.0 Å². The van der Waals surface area contributed by atoms with Gasteiger partial charge in [-0.25, -0.2) is 8.42 Å². The lowest BCUT2D eigenvalue weighted by Gasteiger charge is -2.26. The normalized spacial score (nSPS) is 23.1. The minimum absolute atomic E-state index is 0.404. The predicted octanol–water partition coefficient (Wildman–Crippen LogP) is 0.384. The van der Waals surface area contributed by atoms with Crippen molar-refractivity contribution in [1.29, 1.82) is 0 Å². The average Bonchev–Trinajstić information content (AvgIpc) is 2.24. The van der Waals surface area contributed by atoms with Crippen molar-refractivity contribution in [2.45, 2.75) is 45.0 Å². The highest BCUT2D eigenvalue weighted by Gasteiger charge is 2.25. The number of ether oxygens (including phenoxy) is 2. The minimum Gasteiger partial charge on any atom is -0.353 e. The summed E-state index contributed by atoms with van der Waals surface area (Å²) in [5.74, 6) is -0.635. The summed E-state index contributed by atoms with van der Waals surface area (Å²) in [4.78, 5) is 11.6. The van der Waals surface area contributed by atoms with Crippen LogP contribution in [0.2, 0.25) is 0 Å². The summed E-state index contributed by atoms with van der Waals surface area (Å²) in [5.41, 5.74) is 0. The SMILES string of the molecule is CCC(OC1CCCCO1)C(=O)NS(C)(=O)=O. The van der Waals surface area contributed by atoms with E-state index < -0.39 is 28.3 Å². The molecule has 1 fully saturated rings. The smallest absolute Gasteiger partial charge is 0.262 e. The summed E-state index contributed by atoms with van der Waals surface area (Å²) in [6.45, 7) is 2.38. The Morgan fingerprint density at radius 3 is 2.71 bits per heavy atom. The van der Waals surface area contributed by atoms with Crippen molar-refractivity contribution in [3.05, 3.63) is 0 Å². The van der Waals surface area contributed by atoms with Gasteiger partial charge >= 0.3 is 0 Å². The molecule has 0 aromatic rings. The third-order valence-electron chi connectivity index (χ3n) is 2.40. The molecule has 1 rings (SSSR count). The molecule has 1 amide bonds. The van der Waals surface area contributed by atoms with Gasteiger partial charge in [0.1, 0.15) is 6.10 Å². The molecule has 0 aromatic carbocycles. The lowest BCUT2D eigenvalue weighted by molar-refractivity contribution is -0.192. The topological polar surface area (TPSA) is 81.7 Å². The van der Waals surface area contributed by atoms with E-state index in [1.165, 1.54) is 0 Å². The van der Waals surface area contributed by atoms with Crippen molar-refractivity contribution in [3.8, 4) is 0 Å². The molecule has 7 heteroatoms. The van der Waals surface area contributed by atoms with Gasteiger partial charge in [-0.3, -0.25) is 9.52 Å². The molecule has 1 saturated heterocycles. The number of hydrogen-bond donors (Lipinski definition) is 1. The highest BCUT2D eigenvalue weighted by molar-refractivity contribution is 7.89. The number of carbonyl (C=O) groups excluding carboxylic acids is 1. The lowest BCUT2D eigenvalue weighted by Crippen LogP contribution is -2.41. The molecule has 1 N–H and O–H groups in total. The zero-order valence-corrected chi connectivity index (χ0v) is 11.0. The van der Waals surface area contributed by atoms with E-state index in [1.54, 1.807) is 6.92 Å². The highest BCUT2D eigenvalue weighted by Crippen LogP contribution is 2.16. The van der Waals surface area contributed by atoms with Crippen molar-refractivity contribution in [2.75, 3.05) is 12.9 Å². The molecule has 0 spiro atoms. The average molecular weight is 265 g/mol. The first kappa shape index (κ1) is 14.4. The van der Waals surface area contributed by atoms with Crippen LogP contribution in [0.25, 0.3) is 0 Å². The number of nitrogens with one attached hydrogen (secondary N) is 1. The van der Waals surface area contributed by atoms with Crippen molar-refractivity contribution in [3.63, 3.8) is 0 Å². The van der Waals surface area contributed by atoms with E-state index in [1.807, 2.05) is 4.72 Å². The van der Waals surface area contributed by atoms with Gasteiger partial charge in [-0.1, -0.05) is 6.92 Å². The number of sulfonamides is 1. The van der Waals surface area contributed by atoms with Gasteiger partial charge in [0.25, 0.3) is 5.91 Å². The van der Waals surface area contributed by atoms with E-state index in [4.69, 9.17) is 9.47 Å². The summed E-state index contributed by atoms with van der Waals surface area (Å²) in [5, 5.41) is 0. The second-order valence-electron chi connectivity index (χ2n) is 4.07. The van der Waals surface area contributed by atoms with Gasteiger partial charge in [0, 0.05) is 6.61 Å². The molecule has 17 heavy (non-hydrogen) atoms. The van der Waals surface area contributed by atoms with Crippen LogP contribution in [-0.4, -0.2) is 39.6 Å². The molecule has 0 aliphatic carbocycles. The van der Waals surface area contributed by atoms with Crippen LogP contribution < -0.4 is 4.72 Å². The fraction of sp³-hybridized carbons (Fsp3) is 0.900. The number of amides is 1. The molecule has 0 radical (unpaired) electrons. The molecule has 2 atom stereocenters. The molecular weight excluding hydrogens is 246 g/mol. The minimum atomic E-state index is -3.54. The van der Waals surface area contributed by atoms with E-state index in [-0.39, 0.29) is 0 Å². The van der Waals surface area contributed by atoms with Crippen LogP contribution in [0.3, 0.4) is 0 Å². The van der Waals surface area contributed by atoms with Crippen LogP contribution in [0.4, 0.5) is 0 Å². The van der Waals surface area contributed by atoms with Crippen LogP contribution in [-0.2, 0) is 24.3 Å². The first-order valence-electron chi connectivity index (χ1n) is 5.71. The third-order valence-corrected chi connectivity index (χ3v) is 2.98. The Hall–Kier alpha value is -0.660. The molecule has 0 saturated carbocycles. The molecule has 1 aliphatic heterocycles. The Morgan fingerprint density at radius 2 is 2.24 bits per heavy atom. The first-order chi connectivity index (χ1) is 7.92.